The largest absolute Gasteiger partial charge is 0.391 e. The average Bonchev–Trinajstić information content (AvgIpc) is 2.59. The highest BCUT2D eigenvalue weighted by atomic mass is 15.0. The Morgan fingerprint density at radius 2 is 2.21 bits per heavy atom. The van der Waals surface area contributed by atoms with E-state index in [1.54, 1.807) is 11.3 Å². The summed E-state index contributed by atoms with van der Waals surface area (Å²) in [6.07, 6.45) is 5.18. The second-order valence-corrected chi connectivity index (χ2v) is 5.52. The Hall–Kier alpha value is -0.500. The van der Waals surface area contributed by atoms with Crippen molar-refractivity contribution >= 4 is 0 Å². The zero-order chi connectivity index (χ0) is 9.92. The summed E-state index contributed by atoms with van der Waals surface area (Å²) in [7, 11) is 2.07. The SMILES string of the molecule is CNC1=C2C[C@@H](N)CC3C[C@H](C)CC213. The molecular formula is C12H20N2. The highest BCUT2D eigenvalue weighted by Gasteiger charge is 2.63. The van der Waals surface area contributed by atoms with Crippen LogP contribution in [0.1, 0.15) is 32.6 Å². The average molecular weight is 192 g/mol. The fraction of sp³-hybridized carbons (Fsp3) is 0.833. The van der Waals surface area contributed by atoms with Crippen LogP contribution in [0, 0.1) is 17.3 Å². The van der Waals surface area contributed by atoms with Gasteiger partial charge in [0.15, 0.2) is 0 Å². The van der Waals surface area contributed by atoms with Crippen molar-refractivity contribution in [3.05, 3.63) is 11.3 Å². The number of allylic oxidation sites excluding steroid dienone is 1. The van der Waals surface area contributed by atoms with E-state index >= 15 is 0 Å². The lowest BCUT2D eigenvalue weighted by Gasteiger charge is -2.30. The van der Waals surface area contributed by atoms with Gasteiger partial charge in [-0.25, -0.2) is 0 Å². The Morgan fingerprint density at radius 1 is 1.43 bits per heavy atom. The van der Waals surface area contributed by atoms with Crippen LogP contribution in [0.25, 0.3) is 0 Å². The van der Waals surface area contributed by atoms with Gasteiger partial charge in [-0.15, -0.1) is 0 Å². The predicted octanol–water partition coefficient (Wildman–Crippen LogP) is 1.63. The second kappa shape index (κ2) is 2.54. The number of rotatable bonds is 1. The number of nitrogens with two attached hydrogens (primary N) is 1. The summed E-state index contributed by atoms with van der Waals surface area (Å²) < 4.78 is 0. The lowest BCUT2D eigenvalue weighted by molar-refractivity contribution is 0.287. The first-order chi connectivity index (χ1) is 6.68. The van der Waals surface area contributed by atoms with Crippen LogP contribution in [0.3, 0.4) is 0 Å². The molecule has 2 unspecified atom stereocenters. The summed E-state index contributed by atoms with van der Waals surface area (Å²) in [5.41, 5.74) is 9.85. The van der Waals surface area contributed by atoms with Gasteiger partial charge >= 0.3 is 0 Å². The van der Waals surface area contributed by atoms with E-state index in [4.69, 9.17) is 5.73 Å². The van der Waals surface area contributed by atoms with Crippen LogP contribution in [0.5, 0.6) is 0 Å². The van der Waals surface area contributed by atoms with Crippen LogP contribution in [-0.2, 0) is 0 Å². The van der Waals surface area contributed by atoms with Crippen molar-refractivity contribution in [2.75, 3.05) is 7.05 Å². The van der Waals surface area contributed by atoms with E-state index in [2.05, 4.69) is 19.3 Å². The molecule has 78 valence electrons. The molecule has 2 nitrogen and oxygen atoms in total. The van der Waals surface area contributed by atoms with E-state index in [9.17, 15) is 0 Å². The molecule has 0 aromatic heterocycles. The summed E-state index contributed by atoms with van der Waals surface area (Å²) in [6, 6.07) is 0.430. The van der Waals surface area contributed by atoms with Gasteiger partial charge < -0.3 is 11.1 Å². The van der Waals surface area contributed by atoms with Gasteiger partial charge in [0.25, 0.3) is 0 Å². The second-order valence-electron chi connectivity index (χ2n) is 5.52. The number of hydrogen-bond acceptors (Lipinski definition) is 2. The minimum absolute atomic E-state index is 0.430. The maximum Gasteiger partial charge on any atom is 0.0361 e. The zero-order valence-corrected chi connectivity index (χ0v) is 9.14. The molecule has 0 radical (unpaired) electrons. The van der Waals surface area contributed by atoms with Crippen LogP contribution in [0.4, 0.5) is 0 Å². The molecule has 3 rings (SSSR count). The summed E-state index contributed by atoms with van der Waals surface area (Å²) in [6.45, 7) is 2.39. The molecule has 3 N–H and O–H groups in total. The summed E-state index contributed by atoms with van der Waals surface area (Å²) in [5.74, 6) is 1.75. The summed E-state index contributed by atoms with van der Waals surface area (Å²) in [4.78, 5) is 0. The van der Waals surface area contributed by atoms with Crippen molar-refractivity contribution in [3.63, 3.8) is 0 Å². The molecule has 3 aliphatic rings. The zero-order valence-electron chi connectivity index (χ0n) is 9.14. The monoisotopic (exact) mass is 192 g/mol. The van der Waals surface area contributed by atoms with Crippen molar-refractivity contribution < 1.29 is 0 Å². The van der Waals surface area contributed by atoms with Crippen molar-refractivity contribution in [2.24, 2.45) is 23.0 Å². The molecule has 0 amide bonds. The van der Waals surface area contributed by atoms with E-state index < -0.39 is 0 Å². The van der Waals surface area contributed by atoms with Crippen LogP contribution >= 0.6 is 0 Å². The molecule has 1 spiro atoms. The van der Waals surface area contributed by atoms with Gasteiger partial charge in [0.2, 0.25) is 0 Å². The fourth-order valence-corrected chi connectivity index (χ4v) is 4.22. The van der Waals surface area contributed by atoms with E-state index in [-0.39, 0.29) is 0 Å². The summed E-state index contributed by atoms with van der Waals surface area (Å²) >= 11 is 0. The molecule has 14 heavy (non-hydrogen) atoms. The van der Waals surface area contributed by atoms with Crippen molar-refractivity contribution in [1.82, 2.24) is 5.32 Å². The Morgan fingerprint density at radius 3 is 2.93 bits per heavy atom. The van der Waals surface area contributed by atoms with Gasteiger partial charge in [-0.2, -0.15) is 0 Å². The van der Waals surface area contributed by atoms with E-state index in [0.717, 1.165) is 18.3 Å². The first-order valence-corrected chi connectivity index (χ1v) is 5.86. The van der Waals surface area contributed by atoms with Crippen LogP contribution < -0.4 is 11.1 Å². The smallest absolute Gasteiger partial charge is 0.0361 e. The standard InChI is InChI=1S/C12H20N2/c1-7-3-8-4-9(13)5-10-11(14-2)12(8,10)6-7/h7-9,14H,3-6,13H2,1-2H3/t7-,8?,9-,12?/m0/s1. The molecule has 2 heteroatoms. The minimum atomic E-state index is 0.430. The molecule has 0 aromatic rings. The summed E-state index contributed by atoms with van der Waals surface area (Å²) in [5, 5.41) is 3.41. The third-order valence-corrected chi connectivity index (χ3v) is 4.58. The van der Waals surface area contributed by atoms with E-state index in [1.807, 2.05) is 0 Å². The minimum Gasteiger partial charge on any atom is -0.391 e. The topological polar surface area (TPSA) is 38.0 Å². The third-order valence-electron chi connectivity index (χ3n) is 4.58. The Kier molecular flexibility index (Phi) is 1.59. The van der Waals surface area contributed by atoms with Crippen molar-refractivity contribution in [2.45, 2.75) is 38.6 Å². The highest BCUT2D eigenvalue weighted by molar-refractivity contribution is 5.52. The molecule has 0 bridgehead atoms. The Bertz CT molecular complexity index is 307. The van der Waals surface area contributed by atoms with Crippen LogP contribution in [-0.4, -0.2) is 13.1 Å². The molecule has 3 aliphatic carbocycles. The molecule has 0 aliphatic heterocycles. The lowest BCUT2D eigenvalue weighted by Crippen LogP contribution is -2.32. The molecule has 2 fully saturated rings. The van der Waals surface area contributed by atoms with Crippen molar-refractivity contribution in [3.8, 4) is 0 Å². The van der Waals surface area contributed by atoms with Gasteiger partial charge in [-0.3, -0.25) is 0 Å². The number of hydrogen-bond donors (Lipinski definition) is 2. The normalized spacial score (nSPS) is 50.1. The van der Waals surface area contributed by atoms with Gasteiger partial charge in [0, 0.05) is 24.2 Å². The van der Waals surface area contributed by atoms with E-state index in [1.165, 1.54) is 19.3 Å². The first-order valence-electron chi connectivity index (χ1n) is 5.86. The van der Waals surface area contributed by atoms with Crippen LogP contribution in [0.15, 0.2) is 11.3 Å². The Balaban J connectivity index is 1.92. The molecule has 0 saturated heterocycles. The Labute approximate surface area is 85.9 Å². The molecule has 0 aromatic carbocycles. The quantitative estimate of drug-likeness (QED) is 0.662. The first kappa shape index (κ1) is 8.78. The molecule has 4 atom stereocenters. The van der Waals surface area contributed by atoms with Crippen LogP contribution in [0.2, 0.25) is 0 Å². The maximum atomic E-state index is 6.10. The van der Waals surface area contributed by atoms with Crippen molar-refractivity contribution in [1.29, 1.82) is 0 Å². The third kappa shape index (κ3) is 0.855. The lowest BCUT2D eigenvalue weighted by atomic mass is 9.76. The molecular weight excluding hydrogens is 172 g/mol. The van der Waals surface area contributed by atoms with E-state index in [0.29, 0.717) is 11.5 Å². The molecule has 0 heterocycles. The molecule has 2 saturated carbocycles. The fourth-order valence-electron chi connectivity index (χ4n) is 4.22. The highest BCUT2D eigenvalue weighted by Crippen LogP contribution is 2.70. The van der Waals surface area contributed by atoms with Gasteiger partial charge in [0.1, 0.15) is 0 Å². The number of nitrogens with one attached hydrogen (secondary N) is 1. The van der Waals surface area contributed by atoms with Gasteiger partial charge in [-0.1, -0.05) is 6.92 Å². The van der Waals surface area contributed by atoms with Gasteiger partial charge in [-0.05, 0) is 43.1 Å². The maximum absolute atomic E-state index is 6.10. The van der Waals surface area contributed by atoms with Gasteiger partial charge in [0.05, 0.1) is 0 Å². The predicted molar refractivity (Wildman–Crippen MR) is 57.6 cm³/mol.